The van der Waals surface area contributed by atoms with E-state index in [2.05, 4.69) is 0 Å². The van der Waals surface area contributed by atoms with Gasteiger partial charge in [-0.3, -0.25) is 9.10 Å². The van der Waals surface area contributed by atoms with E-state index < -0.39 is 16.1 Å². The van der Waals surface area contributed by atoms with Crippen LogP contribution in [-0.4, -0.2) is 38.6 Å². The molecule has 0 saturated carbocycles. The van der Waals surface area contributed by atoms with Crippen LogP contribution in [0.5, 0.6) is 0 Å². The molecule has 0 aromatic heterocycles. The molecule has 2 aromatic rings. The first-order valence-electron chi connectivity index (χ1n) is 8.05. The number of benzene rings is 2. The third-order valence-electron chi connectivity index (χ3n) is 3.99. The fraction of sp³-hybridized carbons (Fsp3) is 0.316. The molecule has 1 unspecified atom stereocenters. The van der Waals surface area contributed by atoms with E-state index in [-0.39, 0.29) is 5.91 Å². The average Bonchev–Trinajstić information content (AvgIpc) is 2.55. The Morgan fingerprint density at radius 2 is 1.60 bits per heavy atom. The number of rotatable bonds is 6. The second-order valence-corrected chi connectivity index (χ2v) is 8.11. The number of carbonyl (C=O) groups excluding carboxylic acids is 1. The molecular weight excluding hydrogens is 336 g/mol. The van der Waals surface area contributed by atoms with Gasteiger partial charge >= 0.3 is 0 Å². The molecule has 1 atom stereocenters. The van der Waals surface area contributed by atoms with Crippen LogP contribution in [0.4, 0.5) is 5.69 Å². The van der Waals surface area contributed by atoms with Crippen molar-refractivity contribution in [1.82, 2.24) is 4.90 Å². The molecule has 0 aliphatic heterocycles. The SMILES string of the molecule is Cc1ccc(N(C(C)C(=O)N(C)Cc2ccccc2)S(C)(=O)=O)cc1. The van der Waals surface area contributed by atoms with E-state index in [1.807, 2.05) is 49.4 Å². The second kappa shape index (κ2) is 7.70. The molecule has 1 amide bonds. The van der Waals surface area contributed by atoms with Gasteiger partial charge in [0.25, 0.3) is 0 Å². The van der Waals surface area contributed by atoms with Crippen molar-refractivity contribution in [3.8, 4) is 0 Å². The Bertz CT molecular complexity index is 818. The Morgan fingerprint density at radius 1 is 1.04 bits per heavy atom. The van der Waals surface area contributed by atoms with Crippen LogP contribution in [0.2, 0.25) is 0 Å². The zero-order chi connectivity index (χ0) is 18.6. The number of nitrogens with zero attached hydrogens (tertiary/aromatic N) is 2. The van der Waals surface area contributed by atoms with Crippen molar-refractivity contribution in [1.29, 1.82) is 0 Å². The number of carbonyl (C=O) groups is 1. The Kier molecular flexibility index (Phi) is 5.85. The normalized spacial score (nSPS) is 12.5. The van der Waals surface area contributed by atoms with E-state index in [4.69, 9.17) is 0 Å². The summed E-state index contributed by atoms with van der Waals surface area (Å²) in [4.78, 5) is 14.3. The zero-order valence-corrected chi connectivity index (χ0v) is 15.8. The van der Waals surface area contributed by atoms with Gasteiger partial charge in [-0.15, -0.1) is 0 Å². The minimum Gasteiger partial charge on any atom is -0.340 e. The molecule has 0 bridgehead atoms. The minimum absolute atomic E-state index is 0.255. The van der Waals surface area contributed by atoms with Crippen LogP contribution >= 0.6 is 0 Å². The number of likely N-dealkylation sites (N-methyl/N-ethyl adjacent to an activating group) is 1. The highest BCUT2D eigenvalue weighted by molar-refractivity contribution is 7.92. The van der Waals surface area contributed by atoms with E-state index in [1.165, 1.54) is 4.31 Å². The molecule has 0 aliphatic carbocycles. The Morgan fingerprint density at radius 3 is 2.12 bits per heavy atom. The molecule has 0 fully saturated rings. The largest absolute Gasteiger partial charge is 0.340 e. The van der Waals surface area contributed by atoms with Gasteiger partial charge < -0.3 is 4.90 Å². The standard InChI is InChI=1S/C19H24N2O3S/c1-15-10-12-18(13-11-15)21(25(4,23)24)16(2)19(22)20(3)14-17-8-6-5-7-9-17/h5-13,16H,14H2,1-4H3. The predicted octanol–water partition coefficient (Wildman–Crippen LogP) is 2.81. The van der Waals surface area contributed by atoms with Crippen LogP contribution < -0.4 is 4.31 Å². The summed E-state index contributed by atoms with van der Waals surface area (Å²) in [7, 11) is -1.91. The molecule has 2 rings (SSSR count). The predicted molar refractivity (Wildman–Crippen MR) is 101 cm³/mol. The molecule has 0 N–H and O–H groups in total. The third-order valence-corrected chi connectivity index (χ3v) is 5.24. The molecule has 0 saturated heterocycles. The zero-order valence-electron chi connectivity index (χ0n) is 15.0. The lowest BCUT2D eigenvalue weighted by atomic mass is 10.2. The number of hydrogen-bond donors (Lipinski definition) is 0. The second-order valence-electron chi connectivity index (χ2n) is 6.25. The fourth-order valence-corrected chi connectivity index (χ4v) is 3.92. The fourth-order valence-electron chi connectivity index (χ4n) is 2.75. The molecule has 134 valence electrons. The molecule has 2 aromatic carbocycles. The molecular formula is C19H24N2O3S. The summed E-state index contributed by atoms with van der Waals surface area (Å²) in [6, 6.07) is 15.9. The number of amides is 1. The van der Waals surface area contributed by atoms with Gasteiger partial charge in [0.05, 0.1) is 11.9 Å². The highest BCUT2D eigenvalue weighted by atomic mass is 32.2. The van der Waals surface area contributed by atoms with Gasteiger partial charge in [-0.2, -0.15) is 0 Å². The average molecular weight is 360 g/mol. The van der Waals surface area contributed by atoms with Crippen molar-refractivity contribution in [2.45, 2.75) is 26.4 Å². The summed E-state index contributed by atoms with van der Waals surface area (Å²) in [6.07, 6.45) is 1.12. The van der Waals surface area contributed by atoms with Crippen molar-refractivity contribution in [2.24, 2.45) is 0 Å². The van der Waals surface area contributed by atoms with Crippen molar-refractivity contribution in [3.05, 3.63) is 65.7 Å². The number of hydrogen-bond acceptors (Lipinski definition) is 3. The smallest absolute Gasteiger partial charge is 0.246 e. The maximum Gasteiger partial charge on any atom is 0.246 e. The molecule has 5 nitrogen and oxygen atoms in total. The highest BCUT2D eigenvalue weighted by Gasteiger charge is 2.30. The van der Waals surface area contributed by atoms with E-state index in [0.29, 0.717) is 12.2 Å². The van der Waals surface area contributed by atoms with E-state index in [0.717, 1.165) is 17.4 Å². The topological polar surface area (TPSA) is 57.7 Å². The first-order chi connectivity index (χ1) is 11.7. The van der Waals surface area contributed by atoms with Crippen molar-refractivity contribution >= 4 is 21.6 Å². The monoisotopic (exact) mass is 360 g/mol. The Labute approximate surface area is 149 Å². The lowest BCUT2D eigenvalue weighted by molar-refractivity contribution is -0.131. The highest BCUT2D eigenvalue weighted by Crippen LogP contribution is 2.22. The van der Waals surface area contributed by atoms with Crippen molar-refractivity contribution in [3.63, 3.8) is 0 Å². The Balaban J connectivity index is 2.25. The lowest BCUT2D eigenvalue weighted by Gasteiger charge is -2.31. The Hall–Kier alpha value is -2.34. The summed E-state index contributed by atoms with van der Waals surface area (Å²) >= 11 is 0. The third kappa shape index (κ3) is 4.82. The maximum absolute atomic E-state index is 12.8. The van der Waals surface area contributed by atoms with E-state index in [9.17, 15) is 13.2 Å². The quantitative estimate of drug-likeness (QED) is 0.796. The molecule has 0 aliphatic rings. The molecule has 0 heterocycles. The van der Waals surface area contributed by atoms with E-state index in [1.54, 1.807) is 31.0 Å². The summed E-state index contributed by atoms with van der Waals surface area (Å²) < 4.78 is 25.8. The molecule has 0 radical (unpaired) electrons. The molecule has 25 heavy (non-hydrogen) atoms. The lowest BCUT2D eigenvalue weighted by Crippen LogP contribution is -2.48. The van der Waals surface area contributed by atoms with Crippen LogP contribution in [0.25, 0.3) is 0 Å². The van der Waals surface area contributed by atoms with Gasteiger partial charge in [-0.1, -0.05) is 48.0 Å². The van der Waals surface area contributed by atoms with Crippen LogP contribution in [0.3, 0.4) is 0 Å². The van der Waals surface area contributed by atoms with Crippen LogP contribution in [0, 0.1) is 6.92 Å². The van der Waals surface area contributed by atoms with Gasteiger partial charge in [-0.05, 0) is 31.5 Å². The first-order valence-corrected chi connectivity index (χ1v) is 9.90. The van der Waals surface area contributed by atoms with Crippen LogP contribution in [0.15, 0.2) is 54.6 Å². The first kappa shape index (κ1) is 19.0. The van der Waals surface area contributed by atoms with Gasteiger partial charge in [0.1, 0.15) is 6.04 Å². The van der Waals surface area contributed by atoms with Gasteiger partial charge in [-0.25, -0.2) is 8.42 Å². The van der Waals surface area contributed by atoms with Crippen LogP contribution in [0.1, 0.15) is 18.1 Å². The van der Waals surface area contributed by atoms with Crippen molar-refractivity contribution in [2.75, 3.05) is 17.6 Å². The number of aryl methyl sites for hydroxylation is 1. The maximum atomic E-state index is 12.8. The summed E-state index contributed by atoms with van der Waals surface area (Å²) in [6.45, 7) is 3.97. The molecule has 6 heteroatoms. The molecule has 0 spiro atoms. The van der Waals surface area contributed by atoms with Crippen LogP contribution in [-0.2, 0) is 21.4 Å². The van der Waals surface area contributed by atoms with E-state index >= 15 is 0 Å². The summed E-state index contributed by atoms with van der Waals surface area (Å²) in [5, 5.41) is 0. The van der Waals surface area contributed by atoms with Gasteiger partial charge in [0.2, 0.25) is 15.9 Å². The number of sulfonamides is 1. The van der Waals surface area contributed by atoms with Gasteiger partial charge in [0.15, 0.2) is 0 Å². The van der Waals surface area contributed by atoms with Gasteiger partial charge in [0, 0.05) is 13.6 Å². The number of anilines is 1. The minimum atomic E-state index is -3.60. The summed E-state index contributed by atoms with van der Waals surface area (Å²) in [5.74, 6) is -0.255. The van der Waals surface area contributed by atoms with Crippen molar-refractivity contribution < 1.29 is 13.2 Å². The summed E-state index contributed by atoms with van der Waals surface area (Å²) in [5.41, 5.74) is 2.51.